The number of nitrogens with zero attached hydrogens (tertiary/aromatic N) is 1. The van der Waals surface area contributed by atoms with Crippen LogP contribution in [0.1, 0.15) is 20.9 Å². The molecule has 2 rings (SSSR count). The number of hydrogen-bond donors (Lipinski definition) is 2. The van der Waals surface area contributed by atoms with Crippen molar-refractivity contribution in [3.05, 3.63) is 40.2 Å². The van der Waals surface area contributed by atoms with Crippen molar-refractivity contribution in [1.29, 1.82) is 0 Å². The van der Waals surface area contributed by atoms with Crippen molar-refractivity contribution >= 4 is 28.1 Å². The third-order valence-corrected chi connectivity index (χ3v) is 3.32. The molecule has 0 saturated heterocycles. The van der Waals surface area contributed by atoms with Gasteiger partial charge in [-0.25, -0.2) is 14.2 Å². The molecule has 0 atom stereocenters. The number of halogens is 1. The average Bonchev–Trinajstić information content (AvgIpc) is 2.66. The Hall–Kier alpha value is -1.95. The van der Waals surface area contributed by atoms with Crippen LogP contribution in [0.15, 0.2) is 18.2 Å². The predicted molar refractivity (Wildman–Crippen MR) is 68.2 cm³/mol. The molecule has 1 aromatic carbocycles. The van der Waals surface area contributed by atoms with Crippen LogP contribution in [0.3, 0.4) is 0 Å². The Balaban J connectivity index is 2.32. The van der Waals surface area contributed by atoms with E-state index in [-0.39, 0.29) is 11.5 Å². The Morgan fingerprint density at radius 1 is 1.44 bits per heavy atom. The molecule has 2 N–H and O–H groups in total. The van der Waals surface area contributed by atoms with E-state index in [0.717, 1.165) is 0 Å². The molecule has 0 fully saturated rings. The lowest BCUT2D eigenvalue weighted by atomic mass is 10.2. The van der Waals surface area contributed by atoms with Crippen molar-refractivity contribution in [2.45, 2.75) is 13.8 Å². The van der Waals surface area contributed by atoms with Crippen LogP contribution in [0.25, 0.3) is 0 Å². The molecule has 0 spiro atoms. The molecule has 1 heterocycles. The van der Waals surface area contributed by atoms with Crippen molar-refractivity contribution < 1.29 is 14.3 Å². The van der Waals surface area contributed by atoms with Crippen LogP contribution in [0.4, 0.5) is 15.2 Å². The summed E-state index contributed by atoms with van der Waals surface area (Å²) in [5.74, 6) is -1.44. The van der Waals surface area contributed by atoms with E-state index in [1.54, 1.807) is 32.0 Å². The lowest BCUT2D eigenvalue weighted by Gasteiger charge is -2.05. The molecule has 6 heteroatoms. The van der Waals surface area contributed by atoms with Gasteiger partial charge in [0.15, 0.2) is 10.8 Å². The van der Waals surface area contributed by atoms with Crippen molar-refractivity contribution in [3.8, 4) is 0 Å². The number of nitrogens with one attached hydrogen (secondary N) is 1. The fourth-order valence-corrected chi connectivity index (χ4v) is 2.33. The van der Waals surface area contributed by atoms with E-state index >= 15 is 0 Å². The molecule has 2 aromatic rings. The molecule has 0 bridgehead atoms. The number of aromatic nitrogens is 1. The highest BCUT2D eigenvalue weighted by molar-refractivity contribution is 7.15. The average molecular weight is 266 g/mol. The number of carbonyl (C=O) groups is 1. The van der Waals surface area contributed by atoms with Gasteiger partial charge in [-0.3, -0.25) is 0 Å². The van der Waals surface area contributed by atoms with Gasteiger partial charge in [0, 0.05) is 4.88 Å². The Morgan fingerprint density at radius 2 is 2.17 bits per heavy atom. The van der Waals surface area contributed by atoms with Gasteiger partial charge in [0.2, 0.25) is 0 Å². The molecule has 0 aliphatic carbocycles. The van der Waals surface area contributed by atoms with Crippen LogP contribution in [-0.4, -0.2) is 16.1 Å². The first-order chi connectivity index (χ1) is 8.49. The summed E-state index contributed by atoms with van der Waals surface area (Å²) < 4.78 is 13.8. The number of benzene rings is 1. The van der Waals surface area contributed by atoms with Crippen molar-refractivity contribution in [2.75, 3.05) is 5.32 Å². The summed E-state index contributed by atoms with van der Waals surface area (Å²) in [6.07, 6.45) is 0. The van der Waals surface area contributed by atoms with Gasteiger partial charge >= 0.3 is 5.97 Å². The molecule has 0 unspecified atom stereocenters. The van der Waals surface area contributed by atoms with Crippen molar-refractivity contribution in [1.82, 2.24) is 4.98 Å². The molecular weight excluding hydrogens is 255 g/mol. The second-order valence-electron chi connectivity index (χ2n) is 3.79. The quantitative estimate of drug-likeness (QED) is 0.894. The van der Waals surface area contributed by atoms with Crippen LogP contribution >= 0.6 is 11.3 Å². The van der Waals surface area contributed by atoms with E-state index in [9.17, 15) is 9.18 Å². The van der Waals surface area contributed by atoms with Crippen molar-refractivity contribution in [3.63, 3.8) is 0 Å². The van der Waals surface area contributed by atoms with E-state index in [0.29, 0.717) is 21.3 Å². The van der Waals surface area contributed by atoms with Gasteiger partial charge in [0.05, 0.1) is 5.69 Å². The first-order valence-corrected chi connectivity index (χ1v) is 6.03. The summed E-state index contributed by atoms with van der Waals surface area (Å²) >= 11 is 1.18. The van der Waals surface area contributed by atoms with Crippen LogP contribution in [0.5, 0.6) is 0 Å². The number of thiazole rings is 1. The van der Waals surface area contributed by atoms with Crippen LogP contribution in [0, 0.1) is 19.7 Å². The normalized spacial score (nSPS) is 10.4. The third-order valence-electron chi connectivity index (χ3n) is 2.43. The Morgan fingerprint density at radius 3 is 2.78 bits per heavy atom. The minimum absolute atomic E-state index is 0.00411. The number of carboxylic acids is 1. The molecule has 0 aliphatic rings. The minimum Gasteiger partial charge on any atom is -0.476 e. The maximum Gasteiger partial charge on any atom is 0.355 e. The predicted octanol–water partition coefficient (Wildman–Crippen LogP) is 3.34. The van der Waals surface area contributed by atoms with E-state index in [1.165, 1.54) is 11.3 Å². The fraction of sp³-hybridized carbons (Fsp3) is 0.167. The molecule has 18 heavy (non-hydrogen) atoms. The summed E-state index contributed by atoms with van der Waals surface area (Å²) in [7, 11) is 0. The second-order valence-corrected chi connectivity index (χ2v) is 4.99. The zero-order valence-corrected chi connectivity index (χ0v) is 10.6. The zero-order valence-electron chi connectivity index (χ0n) is 9.82. The van der Waals surface area contributed by atoms with Crippen LogP contribution in [-0.2, 0) is 0 Å². The molecule has 0 radical (unpaired) electrons. The van der Waals surface area contributed by atoms with Gasteiger partial charge in [0.25, 0.3) is 0 Å². The number of rotatable bonds is 3. The third kappa shape index (κ3) is 2.33. The molecule has 0 amide bonds. The number of aryl methyl sites for hydroxylation is 2. The smallest absolute Gasteiger partial charge is 0.355 e. The van der Waals surface area contributed by atoms with E-state index in [1.807, 2.05) is 0 Å². The van der Waals surface area contributed by atoms with E-state index < -0.39 is 5.97 Å². The summed E-state index contributed by atoms with van der Waals surface area (Å²) in [6.45, 7) is 3.33. The Labute approximate surface area is 107 Å². The SMILES string of the molecule is Cc1cccc(Nc2nc(C(=O)O)c(C)s2)c1F. The fourth-order valence-electron chi connectivity index (χ4n) is 1.51. The number of carboxylic acid groups (broad SMARTS) is 1. The molecule has 1 aromatic heterocycles. The standard InChI is InChI=1S/C12H11FN2O2S/c1-6-4-3-5-8(9(6)13)14-12-15-10(11(16)17)7(2)18-12/h3-5H,1-2H3,(H,14,15)(H,16,17). The summed E-state index contributed by atoms with van der Waals surface area (Å²) in [4.78, 5) is 15.3. The van der Waals surface area contributed by atoms with Crippen LogP contribution < -0.4 is 5.32 Å². The van der Waals surface area contributed by atoms with Gasteiger partial charge in [-0.15, -0.1) is 11.3 Å². The summed E-state index contributed by atoms with van der Waals surface area (Å²) in [5.41, 5.74) is 0.808. The summed E-state index contributed by atoms with van der Waals surface area (Å²) in [5, 5.41) is 12.1. The highest BCUT2D eigenvalue weighted by atomic mass is 32.1. The number of aromatic carboxylic acids is 1. The topological polar surface area (TPSA) is 62.2 Å². The van der Waals surface area contributed by atoms with E-state index in [2.05, 4.69) is 10.3 Å². The van der Waals surface area contributed by atoms with Gasteiger partial charge < -0.3 is 10.4 Å². The van der Waals surface area contributed by atoms with Gasteiger partial charge in [-0.1, -0.05) is 12.1 Å². The molecule has 4 nitrogen and oxygen atoms in total. The first-order valence-electron chi connectivity index (χ1n) is 5.22. The van der Waals surface area contributed by atoms with Crippen LogP contribution in [0.2, 0.25) is 0 Å². The molecule has 0 saturated carbocycles. The maximum absolute atomic E-state index is 13.8. The maximum atomic E-state index is 13.8. The minimum atomic E-state index is -1.08. The highest BCUT2D eigenvalue weighted by Crippen LogP contribution is 2.27. The Bertz CT molecular complexity index is 610. The molecule has 94 valence electrons. The van der Waals surface area contributed by atoms with Gasteiger partial charge in [-0.05, 0) is 25.5 Å². The van der Waals surface area contributed by atoms with Gasteiger partial charge in [-0.2, -0.15) is 0 Å². The van der Waals surface area contributed by atoms with Gasteiger partial charge in [0.1, 0.15) is 5.82 Å². The Kier molecular flexibility index (Phi) is 3.29. The monoisotopic (exact) mass is 266 g/mol. The summed E-state index contributed by atoms with van der Waals surface area (Å²) in [6, 6.07) is 4.97. The number of anilines is 2. The molecule has 0 aliphatic heterocycles. The molecular formula is C12H11FN2O2S. The first kappa shape index (κ1) is 12.5. The van der Waals surface area contributed by atoms with E-state index in [4.69, 9.17) is 5.11 Å². The van der Waals surface area contributed by atoms with Crippen molar-refractivity contribution in [2.24, 2.45) is 0 Å². The second kappa shape index (κ2) is 4.73. The highest BCUT2D eigenvalue weighted by Gasteiger charge is 2.15. The largest absolute Gasteiger partial charge is 0.476 e. The lowest BCUT2D eigenvalue weighted by Crippen LogP contribution is -2.00. The zero-order chi connectivity index (χ0) is 13.3. The lowest BCUT2D eigenvalue weighted by molar-refractivity contribution is 0.0690. The number of hydrogen-bond acceptors (Lipinski definition) is 4.